The zero-order valence-corrected chi connectivity index (χ0v) is 14.0. The Bertz CT molecular complexity index is 813. The second-order valence-corrected chi connectivity index (χ2v) is 4.70. The Morgan fingerprint density at radius 2 is 1.23 bits per heavy atom. The smallest absolute Gasteiger partial charge is 0.188 e. The Balaban J connectivity index is 2.10. The number of hydrogen-bond donors (Lipinski definition) is 0. The van der Waals surface area contributed by atoms with Crippen molar-refractivity contribution in [3.8, 4) is 5.75 Å². The van der Waals surface area contributed by atoms with Crippen LogP contribution in [-0.4, -0.2) is 0 Å². The van der Waals surface area contributed by atoms with Gasteiger partial charge in [-0.1, -0.05) is 91.1 Å². The van der Waals surface area contributed by atoms with Gasteiger partial charge in [0.2, 0.25) is 0 Å². The molecular weight excluding hydrogens is 328 g/mol. The van der Waals surface area contributed by atoms with Gasteiger partial charge >= 0.3 is 0 Å². The molecule has 0 unspecified atom stereocenters. The first-order valence-electron chi connectivity index (χ1n) is 7.86. The molecular formula is C20H18N4O2. The van der Waals surface area contributed by atoms with E-state index < -0.39 is 0 Å². The second-order valence-electron chi connectivity index (χ2n) is 4.70. The molecule has 26 heavy (non-hydrogen) atoms. The standard InChI is InChI=1S/C20H18N4O2/c1-2-4-6-8-10-14-18-21-22-23-24-26-25-20-17-13-12-16-19(20)15-11-9-7-5-3-1/h1-18H/b2-1?,5-3-,6-4?,9-7-,10-8+,15-11-,18-14-,22-21-,24-23-. The van der Waals surface area contributed by atoms with Crippen LogP contribution in [0.5, 0.6) is 5.75 Å². The summed E-state index contributed by atoms with van der Waals surface area (Å²) in [4.78, 5) is 9.76. The SMILES string of the molecule is C1=C\C=C/C=C\C=C/c2ccccc2OO\N=N/N=N\C=C/C=C/C=C1. The highest BCUT2D eigenvalue weighted by molar-refractivity contribution is 5.58. The third-order valence-corrected chi connectivity index (χ3v) is 2.86. The fraction of sp³-hybridized carbons (Fsp3) is 0. The summed E-state index contributed by atoms with van der Waals surface area (Å²) < 4.78 is 0. The van der Waals surface area contributed by atoms with E-state index in [1.54, 1.807) is 12.1 Å². The Kier molecular flexibility index (Phi) is 8.98. The van der Waals surface area contributed by atoms with Crippen LogP contribution in [0.4, 0.5) is 0 Å². The van der Waals surface area contributed by atoms with Crippen molar-refractivity contribution in [2.75, 3.05) is 0 Å². The van der Waals surface area contributed by atoms with Crippen LogP contribution in [0.15, 0.2) is 124 Å². The number of rotatable bonds is 0. The van der Waals surface area contributed by atoms with Crippen molar-refractivity contribution in [1.29, 1.82) is 0 Å². The quantitative estimate of drug-likeness (QED) is 0.536. The fourth-order valence-corrected chi connectivity index (χ4v) is 1.72. The predicted molar refractivity (Wildman–Crippen MR) is 102 cm³/mol. The van der Waals surface area contributed by atoms with Crippen LogP contribution in [0.2, 0.25) is 0 Å². The van der Waals surface area contributed by atoms with E-state index in [1.807, 2.05) is 91.1 Å². The molecule has 1 aliphatic rings. The van der Waals surface area contributed by atoms with Crippen molar-refractivity contribution in [1.82, 2.24) is 0 Å². The molecule has 1 heterocycles. The summed E-state index contributed by atoms with van der Waals surface area (Å²) in [6.07, 6.45) is 26.1. The Hall–Kier alpha value is -3.80. The summed E-state index contributed by atoms with van der Waals surface area (Å²) in [6, 6.07) is 7.37. The lowest BCUT2D eigenvalue weighted by molar-refractivity contribution is -0.216. The highest BCUT2D eigenvalue weighted by Crippen LogP contribution is 2.19. The van der Waals surface area contributed by atoms with E-state index in [4.69, 9.17) is 4.89 Å². The first kappa shape index (κ1) is 18.5. The van der Waals surface area contributed by atoms with Crippen LogP contribution >= 0.6 is 0 Å². The molecule has 0 aromatic heterocycles. The van der Waals surface area contributed by atoms with E-state index in [0.29, 0.717) is 5.75 Å². The van der Waals surface area contributed by atoms with Crippen molar-refractivity contribution >= 4 is 6.08 Å². The van der Waals surface area contributed by atoms with Crippen LogP contribution in [0.3, 0.4) is 0 Å². The largest absolute Gasteiger partial charge is 0.265 e. The third kappa shape index (κ3) is 8.16. The lowest BCUT2D eigenvalue weighted by Crippen LogP contribution is -1.91. The minimum Gasteiger partial charge on any atom is -0.265 e. The lowest BCUT2D eigenvalue weighted by Gasteiger charge is -2.02. The Morgan fingerprint density at radius 3 is 1.96 bits per heavy atom. The topological polar surface area (TPSA) is 67.9 Å². The number of nitrogens with zero attached hydrogens (tertiary/aromatic N) is 4. The van der Waals surface area contributed by atoms with Gasteiger partial charge in [0.05, 0.1) is 11.5 Å². The van der Waals surface area contributed by atoms with Gasteiger partial charge in [-0.3, -0.25) is 4.89 Å². The summed E-state index contributed by atoms with van der Waals surface area (Å²) in [5.41, 5.74) is 0.833. The summed E-state index contributed by atoms with van der Waals surface area (Å²) in [5.74, 6) is 0.505. The number of allylic oxidation sites excluding steroid dienone is 12. The summed E-state index contributed by atoms with van der Waals surface area (Å²) in [7, 11) is 0. The van der Waals surface area contributed by atoms with Crippen LogP contribution in [0.25, 0.3) is 6.08 Å². The molecule has 6 nitrogen and oxygen atoms in total. The maximum absolute atomic E-state index is 5.10. The number of para-hydroxylation sites is 1. The molecule has 1 aliphatic heterocycles. The van der Waals surface area contributed by atoms with Crippen molar-refractivity contribution < 1.29 is 9.88 Å². The molecule has 0 bridgehead atoms. The summed E-state index contributed by atoms with van der Waals surface area (Å²) in [6.45, 7) is 0. The molecule has 130 valence electrons. The molecule has 1 aromatic rings. The monoisotopic (exact) mass is 346 g/mol. The van der Waals surface area contributed by atoms with E-state index >= 15 is 0 Å². The number of fused-ring (bicyclic) bond motifs is 1. The number of benzene rings is 1. The maximum Gasteiger partial charge on any atom is 0.188 e. The molecule has 1 aromatic carbocycles. The zero-order chi connectivity index (χ0) is 18.1. The molecule has 6 heteroatoms. The van der Waals surface area contributed by atoms with E-state index in [0.717, 1.165) is 5.56 Å². The van der Waals surface area contributed by atoms with E-state index in [2.05, 4.69) is 25.8 Å². The van der Waals surface area contributed by atoms with Crippen molar-refractivity contribution in [3.05, 3.63) is 109 Å². The molecule has 0 fully saturated rings. The second kappa shape index (κ2) is 12.6. The van der Waals surface area contributed by atoms with Crippen LogP contribution < -0.4 is 4.89 Å². The van der Waals surface area contributed by atoms with Gasteiger partial charge in [0.15, 0.2) is 5.75 Å². The zero-order valence-electron chi connectivity index (χ0n) is 14.0. The molecule has 0 N–H and O–H groups in total. The first-order valence-corrected chi connectivity index (χ1v) is 7.86. The molecule has 0 radical (unpaired) electrons. The summed E-state index contributed by atoms with van der Waals surface area (Å²) in [5, 5.41) is 13.8. The molecule has 0 atom stereocenters. The van der Waals surface area contributed by atoms with Gasteiger partial charge in [-0.15, -0.1) is 10.1 Å². The van der Waals surface area contributed by atoms with E-state index in [1.165, 1.54) is 6.20 Å². The summed E-state index contributed by atoms with van der Waals surface area (Å²) >= 11 is 0. The van der Waals surface area contributed by atoms with Crippen LogP contribution in [-0.2, 0) is 4.99 Å². The third-order valence-electron chi connectivity index (χ3n) is 2.86. The molecule has 0 amide bonds. The molecule has 0 aliphatic carbocycles. The van der Waals surface area contributed by atoms with Gasteiger partial charge in [0, 0.05) is 10.8 Å². The average molecular weight is 346 g/mol. The van der Waals surface area contributed by atoms with Crippen molar-refractivity contribution in [2.45, 2.75) is 0 Å². The maximum atomic E-state index is 5.10. The first-order chi connectivity index (χ1) is 13.0. The van der Waals surface area contributed by atoms with Gasteiger partial charge in [-0.05, 0) is 17.4 Å². The normalized spacial score (nSPS) is 23.5. The van der Waals surface area contributed by atoms with Gasteiger partial charge in [-0.2, -0.15) is 0 Å². The predicted octanol–water partition coefficient (Wildman–Crippen LogP) is 6.05. The molecule has 0 saturated carbocycles. The van der Waals surface area contributed by atoms with Crippen molar-refractivity contribution in [2.24, 2.45) is 20.8 Å². The Labute approximate surface area is 152 Å². The van der Waals surface area contributed by atoms with Crippen LogP contribution in [0.1, 0.15) is 5.56 Å². The van der Waals surface area contributed by atoms with Gasteiger partial charge in [0.1, 0.15) is 0 Å². The average Bonchev–Trinajstić information content (AvgIpc) is 2.66. The highest BCUT2D eigenvalue weighted by Gasteiger charge is 2.00. The minimum atomic E-state index is 0.505. The Morgan fingerprint density at radius 1 is 0.615 bits per heavy atom. The molecule has 0 saturated heterocycles. The van der Waals surface area contributed by atoms with E-state index in [-0.39, 0.29) is 0 Å². The lowest BCUT2D eigenvalue weighted by atomic mass is 10.2. The van der Waals surface area contributed by atoms with Gasteiger partial charge < -0.3 is 0 Å². The van der Waals surface area contributed by atoms with Gasteiger partial charge in [0.25, 0.3) is 0 Å². The highest BCUT2D eigenvalue weighted by atomic mass is 17.3. The molecule has 2 rings (SSSR count). The van der Waals surface area contributed by atoms with Crippen molar-refractivity contribution in [3.63, 3.8) is 0 Å². The minimum absolute atomic E-state index is 0.505. The van der Waals surface area contributed by atoms with Crippen LogP contribution in [0, 0.1) is 0 Å². The fourth-order valence-electron chi connectivity index (χ4n) is 1.72. The van der Waals surface area contributed by atoms with E-state index in [9.17, 15) is 0 Å². The van der Waals surface area contributed by atoms with Gasteiger partial charge in [-0.25, -0.2) is 0 Å². The number of hydrogen-bond acceptors (Lipinski definition) is 6. The molecule has 0 spiro atoms.